The minimum atomic E-state index is -0.364. The highest BCUT2D eigenvalue weighted by molar-refractivity contribution is 9.10. The Balaban J connectivity index is 1.64. The number of benzene rings is 3. The smallest absolute Gasteiger partial charge is 0.322 e. The molecule has 0 unspecified atom stereocenters. The van der Waals surface area contributed by atoms with Gasteiger partial charge in [0.05, 0.1) is 18.5 Å². The van der Waals surface area contributed by atoms with E-state index in [0.29, 0.717) is 11.5 Å². The van der Waals surface area contributed by atoms with Crippen molar-refractivity contribution in [3.63, 3.8) is 0 Å². The Hall–Kier alpha value is -4.11. The number of ether oxygens (including phenoxy) is 1. The quantitative estimate of drug-likeness (QED) is 0.251. The van der Waals surface area contributed by atoms with Crippen molar-refractivity contribution in [2.24, 2.45) is 0 Å². The van der Waals surface area contributed by atoms with Crippen LogP contribution in [0.15, 0.2) is 83.3 Å². The van der Waals surface area contributed by atoms with Crippen LogP contribution in [0.1, 0.15) is 19.5 Å². The number of halogens is 1. The molecule has 1 aromatic heterocycles. The number of nitrogens with zero attached hydrogens (tertiary/aromatic N) is 3. The van der Waals surface area contributed by atoms with Gasteiger partial charge in [-0.25, -0.2) is 9.48 Å². The van der Waals surface area contributed by atoms with Crippen molar-refractivity contribution < 1.29 is 14.3 Å². The molecule has 1 heterocycles. The molecular weight excluding hydrogens is 546 g/mol. The van der Waals surface area contributed by atoms with Gasteiger partial charge >= 0.3 is 6.03 Å². The topological polar surface area (TPSA) is 88.5 Å². The minimum absolute atomic E-state index is 0.140. The maximum atomic E-state index is 13.4. The standard InChI is InChI=1S/C29H30BrN5O3/c1-19(2)34(29(37)31-23-12-8-11-22(30)17-23)18-26(36)32-28-27(21-9-6-5-7-10-21)20(3)33-35(28)24-13-15-25(38-4)16-14-24/h5-17,19H,18H2,1-4H3,(H,31,37)(H,32,36). The Kier molecular flexibility index (Phi) is 8.48. The molecule has 4 rings (SSSR count). The van der Waals surface area contributed by atoms with Gasteiger partial charge < -0.3 is 20.3 Å². The fraction of sp³-hybridized carbons (Fsp3) is 0.207. The van der Waals surface area contributed by atoms with Gasteiger partial charge in [0.25, 0.3) is 0 Å². The normalized spacial score (nSPS) is 10.8. The Morgan fingerprint density at radius 2 is 1.71 bits per heavy atom. The second-order valence-corrected chi connectivity index (χ2v) is 9.91. The van der Waals surface area contributed by atoms with E-state index in [1.54, 1.807) is 23.9 Å². The van der Waals surface area contributed by atoms with Crippen LogP contribution in [-0.4, -0.2) is 46.3 Å². The molecule has 3 amide bonds. The molecule has 8 nitrogen and oxygen atoms in total. The van der Waals surface area contributed by atoms with Crippen LogP contribution in [0.2, 0.25) is 0 Å². The predicted molar refractivity (Wildman–Crippen MR) is 154 cm³/mol. The van der Waals surface area contributed by atoms with Crippen molar-refractivity contribution in [1.29, 1.82) is 0 Å². The Morgan fingerprint density at radius 3 is 2.34 bits per heavy atom. The number of aromatic nitrogens is 2. The van der Waals surface area contributed by atoms with Gasteiger partial charge in [-0.1, -0.05) is 52.3 Å². The fourth-order valence-electron chi connectivity index (χ4n) is 4.08. The van der Waals surface area contributed by atoms with Crippen LogP contribution < -0.4 is 15.4 Å². The van der Waals surface area contributed by atoms with Gasteiger partial charge in [0.1, 0.15) is 18.1 Å². The molecule has 3 aromatic carbocycles. The van der Waals surface area contributed by atoms with E-state index in [1.807, 2.05) is 87.5 Å². The first-order valence-corrected chi connectivity index (χ1v) is 13.0. The van der Waals surface area contributed by atoms with Crippen LogP contribution in [-0.2, 0) is 4.79 Å². The number of rotatable bonds is 8. The molecule has 0 aliphatic carbocycles. The summed E-state index contributed by atoms with van der Waals surface area (Å²) in [6, 6.07) is 23.9. The van der Waals surface area contributed by atoms with E-state index in [1.165, 1.54) is 4.90 Å². The molecule has 38 heavy (non-hydrogen) atoms. The Morgan fingerprint density at radius 1 is 1.00 bits per heavy atom. The van der Waals surface area contributed by atoms with Crippen molar-refractivity contribution in [2.75, 3.05) is 24.3 Å². The lowest BCUT2D eigenvalue weighted by molar-refractivity contribution is -0.117. The number of hydrogen-bond donors (Lipinski definition) is 2. The van der Waals surface area contributed by atoms with Crippen molar-refractivity contribution in [3.8, 4) is 22.6 Å². The third kappa shape index (κ3) is 6.23. The van der Waals surface area contributed by atoms with Crippen molar-refractivity contribution in [2.45, 2.75) is 26.8 Å². The van der Waals surface area contributed by atoms with Crippen LogP contribution in [0, 0.1) is 6.92 Å². The number of methoxy groups -OCH3 is 1. The Labute approximate surface area is 230 Å². The first-order valence-electron chi connectivity index (χ1n) is 12.2. The average Bonchev–Trinajstić information content (AvgIpc) is 3.22. The molecule has 4 aromatic rings. The Bertz CT molecular complexity index is 1420. The second kappa shape index (κ2) is 12.0. The van der Waals surface area contributed by atoms with Crippen LogP contribution in [0.4, 0.5) is 16.3 Å². The highest BCUT2D eigenvalue weighted by Gasteiger charge is 2.24. The zero-order valence-electron chi connectivity index (χ0n) is 21.7. The van der Waals surface area contributed by atoms with E-state index in [0.717, 1.165) is 32.7 Å². The van der Waals surface area contributed by atoms with Gasteiger partial charge in [-0.2, -0.15) is 5.10 Å². The zero-order chi connectivity index (χ0) is 27.2. The summed E-state index contributed by atoms with van der Waals surface area (Å²) in [6.45, 7) is 5.51. The number of aryl methyl sites for hydroxylation is 1. The molecule has 0 saturated carbocycles. The first-order chi connectivity index (χ1) is 18.3. The summed E-state index contributed by atoms with van der Waals surface area (Å²) < 4.78 is 7.84. The molecule has 0 saturated heterocycles. The minimum Gasteiger partial charge on any atom is -0.497 e. The van der Waals surface area contributed by atoms with Gasteiger partial charge in [0.15, 0.2) is 0 Å². The molecule has 0 aliphatic rings. The van der Waals surface area contributed by atoms with E-state index < -0.39 is 0 Å². The molecule has 0 fully saturated rings. The largest absolute Gasteiger partial charge is 0.497 e. The lowest BCUT2D eigenvalue weighted by atomic mass is 10.1. The summed E-state index contributed by atoms with van der Waals surface area (Å²) in [6.07, 6.45) is 0. The van der Waals surface area contributed by atoms with E-state index in [-0.39, 0.29) is 24.5 Å². The number of urea groups is 1. The van der Waals surface area contributed by atoms with Crippen molar-refractivity contribution >= 4 is 39.4 Å². The van der Waals surface area contributed by atoms with E-state index in [2.05, 4.69) is 26.6 Å². The van der Waals surface area contributed by atoms with Crippen molar-refractivity contribution in [3.05, 3.63) is 89.0 Å². The molecule has 0 atom stereocenters. The highest BCUT2D eigenvalue weighted by Crippen LogP contribution is 2.33. The summed E-state index contributed by atoms with van der Waals surface area (Å²) in [5.74, 6) is 0.908. The zero-order valence-corrected chi connectivity index (χ0v) is 23.3. The molecule has 2 N–H and O–H groups in total. The van der Waals surface area contributed by atoms with Crippen molar-refractivity contribution in [1.82, 2.24) is 14.7 Å². The van der Waals surface area contributed by atoms with E-state index in [9.17, 15) is 9.59 Å². The SMILES string of the molecule is COc1ccc(-n2nc(C)c(-c3ccccc3)c2NC(=O)CN(C(=O)Nc2cccc(Br)c2)C(C)C)cc1. The highest BCUT2D eigenvalue weighted by atomic mass is 79.9. The summed E-state index contributed by atoms with van der Waals surface area (Å²) in [5, 5.41) is 10.7. The van der Waals surface area contributed by atoms with Gasteiger partial charge in [-0.3, -0.25) is 4.79 Å². The van der Waals surface area contributed by atoms with Crippen LogP contribution >= 0.6 is 15.9 Å². The summed E-state index contributed by atoms with van der Waals surface area (Å²) >= 11 is 3.41. The van der Waals surface area contributed by atoms with Gasteiger partial charge in [0.2, 0.25) is 5.91 Å². The second-order valence-electron chi connectivity index (χ2n) is 9.00. The van der Waals surface area contributed by atoms with Gasteiger partial charge in [0, 0.05) is 21.8 Å². The maximum absolute atomic E-state index is 13.4. The lowest BCUT2D eigenvalue weighted by Gasteiger charge is -2.26. The molecule has 0 bridgehead atoms. The average molecular weight is 576 g/mol. The number of anilines is 2. The van der Waals surface area contributed by atoms with Crippen LogP contribution in [0.3, 0.4) is 0 Å². The number of amides is 3. The molecular formula is C29H30BrN5O3. The fourth-order valence-corrected chi connectivity index (χ4v) is 4.48. The third-order valence-electron chi connectivity index (χ3n) is 5.97. The molecule has 0 aliphatic heterocycles. The monoisotopic (exact) mass is 575 g/mol. The van der Waals surface area contributed by atoms with Gasteiger partial charge in [-0.15, -0.1) is 0 Å². The van der Waals surface area contributed by atoms with Crippen LogP contribution in [0.25, 0.3) is 16.8 Å². The summed E-state index contributed by atoms with van der Waals surface area (Å²) in [5.41, 5.74) is 3.89. The summed E-state index contributed by atoms with van der Waals surface area (Å²) in [4.78, 5) is 28.0. The number of carbonyl (C=O) groups excluding carboxylic acids is 2. The predicted octanol–water partition coefficient (Wildman–Crippen LogP) is 6.50. The van der Waals surface area contributed by atoms with Gasteiger partial charge in [-0.05, 0) is 68.8 Å². The molecule has 0 spiro atoms. The van der Waals surface area contributed by atoms with E-state index >= 15 is 0 Å². The number of carbonyl (C=O) groups is 2. The first kappa shape index (κ1) is 26.9. The molecule has 196 valence electrons. The maximum Gasteiger partial charge on any atom is 0.322 e. The number of hydrogen-bond acceptors (Lipinski definition) is 4. The number of nitrogens with one attached hydrogen (secondary N) is 2. The van der Waals surface area contributed by atoms with Crippen LogP contribution in [0.5, 0.6) is 5.75 Å². The van der Waals surface area contributed by atoms with E-state index in [4.69, 9.17) is 9.84 Å². The summed E-state index contributed by atoms with van der Waals surface area (Å²) in [7, 11) is 1.61. The lowest BCUT2D eigenvalue weighted by Crippen LogP contribution is -2.44. The molecule has 0 radical (unpaired) electrons. The third-order valence-corrected chi connectivity index (χ3v) is 6.46. The molecule has 9 heteroatoms.